The first kappa shape index (κ1) is 11.9. The Bertz CT molecular complexity index is 372. The van der Waals surface area contributed by atoms with Gasteiger partial charge in [-0.2, -0.15) is 11.8 Å². The van der Waals surface area contributed by atoms with E-state index in [0.717, 1.165) is 11.1 Å². The Labute approximate surface area is 105 Å². The Kier molecular flexibility index (Phi) is 3.82. The molecule has 1 heterocycles. The minimum atomic E-state index is 0.492. The number of nitrogens with zero attached hydrogens (tertiary/aromatic N) is 1. The molecule has 2 rings (SSSR count). The standard InChI is InChI=1S/C11H16ClN3S/c1-16-9-3-2-8(5-9)15-11-10(12)4-7(13)6-14-11/h4,6,8-9H,2-3,5,13H2,1H3,(H,14,15). The zero-order valence-corrected chi connectivity index (χ0v) is 10.8. The fraction of sp³-hybridized carbons (Fsp3) is 0.545. The number of hydrogen-bond donors (Lipinski definition) is 2. The van der Waals surface area contributed by atoms with Crippen molar-refractivity contribution >= 4 is 34.9 Å². The molecule has 3 nitrogen and oxygen atoms in total. The summed E-state index contributed by atoms with van der Waals surface area (Å²) in [6.07, 6.45) is 7.44. The number of nitrogens with two attached hydrogens (primary N) is 1. The topological polar surface area (TPSA) is 50.9 Å². The molecule has 0 radical (unpaired) electrons. The quantitative estimate of drug-likeness (QED) is 0.874. The van der Waals surface area contributed by atoms with E-state index >= 15 is 0 Å². The van der Waals surface area contributed by atoms with Crippen molar-refractivity contribution in [2.75, 3.05) is 17.3 Å². The highest BCUT2D eigenvalue weighted by Gasteiger charge is 2.24. The first-order chi connectivity index (χ1) is 7.69. The third-order valence-electron chi connectivity index (χ3n) is 2.92. The van der Waals surface area contributed by atoms with Crippen LogP contribution in [0.2, 0.25) is 5.02 Å². The van der Waals surface area contributed by atoms with Crippen molar-refractivity contribution in [3.05, 3.63) is 17.3 Å². The smallest absolute Gasteiger partial charge is 0.145 e. The van der Waals surface area contributed by atoms with Crippen molar-refractivity contribution in [2.45, 2.75) is 30.6 Å². The van der Waals surface area contributed by atoms with E-state index in [9.17, 15) is 0 Å². The van der Waals surface area contributed by atoms with Crippen LogP contribution >= 0.6 is 23.4 Å². The van der Waals surface area contributed by atoms with E-state index in [2.05, 4.69) is 16.6 Å². The van der Waals surface area contributed by atoms with Gasteiger partial charge in [-0.1, -0.05) is 11.6 Å². The van der Waals surface area contributed by atoms with Gasteiger partial charge >= 0.3 is 0 Å². The Morgan fingerprint density at radius 1 is 1.56 bits per heavy atom. The highest BCUT2D eigenvalue weighted by Crippen LogP contribution is 2.31. The number of rotatable bonds is 3. The molecular weight excluding hydrogens is 242 g/mol. The minimum absolute atomic E-state index is 0.492. The molecule has 2 atom stereocenters. The summed E-state index contributed by atoms with van der Waals surface area (Å²) >= 11 is 8.01. The van der Waals surface area contributed by atoms with Gasteiger partial charge in [0.1, 0.15) is 5.82 Å². The first-order valence-corrected chi connectivity index (χ1v) is 7.06. The molecule has 0 aromatic carbocycles. The normalized spacial score (nSPS) is 24.6. The number of anilines is 2. The van der Waals surface area contributed by atoms with Gasteiger partial charge in [0.2, 0.25) is 0 Å². The van der Waals surface area contributed by atoms with Gasteiger partial charge in [0.25, 0.3) is 0 Å². The van der Waals surface area contributed by atoms with Gasteiger partial charge < -0.3 is 11.1 Å². The van der Waals surface area contributed by atoms with Gasteiger partial charge in [-0.05, 0) is 31.6 Å². The summed E-state index contributed by atoms with van der Waals surface area (Å²) < 4.78 is 0. The Hall–Kier alpha value is -0.610. The van der Waals surface area contributed by atoms with Gasteiger partial charge in [-0.3, -0.25) is 0 Å². The van der Waals surface area contributed by atoms with E-state index in [-0.39, 0.29) is 0 Å². The molecule has 1 saturated carbocycles. The third kappa shape index (κ3) is 2.74. The van der Waals surface area contributed by atoms with Crippen molar-refractivity contribution in [3.63, 3.8) is 0 Å². The van der Waals surface area contributed by atoms with Crippen LogP contribution in [0.15, 0.2) is 12.3 Å². The molecule has 16 heavy (non-hydrogen) atoms. The van der Waals surface area contributed by atoms with Crippen LogP contribution in [0.5, 0.6) is 0 Å². The van der Waals surface area contributed by atoms with Crippen molar-refractivity contribution in [1.29, 1.82) is 0 Å². The predicted octanol–water partition coefficient (Wildman–Crippen LogP) is 3.01. The predicted molar refractivity (Wildman–Crippen MR) is 72.2 cm³/mol. The average Bonchev–Trinajstić information content (AvgIpc) is 2.70. The second-order valence-electron chi connectivity index (χ2n) is 4.11. The molecule has 1 fully saturated rings. The molecular formula is C11H16ClN3S. The zero-order chi connectivity index (χ0) is 11.5. The van der Waals surface area contributed by atoms with Crippen LogP contribution in [0.25, 0.3) is 0 Å². The van der Waals surface area contributed by atoms with E-state index in [1.54, 1.807) is 12.3 Å². The summed E-state index contributed by atoms with van der Waals surface area (Å²) in [6.45, 7) is 0. The maximum Gasteiger partial charge on any atom is 0.145 e. The molecule has 1 aliphatic carbocycles. The maximum atomic E-state index is 6.07. The number of nitrogens with one attached hydrogen (secondary N) is 1. The number of halogens is 1. The third-order valence-corrected chi connectivity index (χ3v) is 4.30. The summed E-state index contributed by atoms with van der Waals surface area (Å²) in [4.78, 5) is 4.22. The van der Waals surface area contributed by atoms with E-state index in [1.807, 2.05) is 11.8 Å². The Balaban J connectivity index is 1.99. The number of aromatic nitrogens is 1. The van der Waals surface area contributed by atoms with Gasteiger partial charge in [-0.25, -0.2) is 4.98 Å². The van der Waals surface area contributed by atoms with E-state index in [4.69, 9.17) is 17.3 Å². The highest BCUT2D eigenvalue weighted by molar-refractivity contribution is 7.99. The largest absolute Gasteiger partial charge is 0.397 e. The monoisotopic (exact) mass is 257 g/mol. The summed E-state index contributed by atoms with van der Waals surface area (Å²) in [5.74, 6) is 0.752. The molecule has 0 spiro atoms. The van der Waals surface area contributed by atoms with Crippen molar-refractivity contribution in [1.82, 2.24) is 4.98 Å². The SMILES string of the molecule is CSC1CCC(Nc2ncc(N)cc2Cl)C1. The zero-order valence-electron chi connectivity index (χ0n) is 9.24. The number of thioether (sulfide) groups is 1. The van der Waals surface area contributed by atoms with Gasteiger partial charge in [0.05, 0.1) is 16.9 Å². The average molecular weight is 258 g/mol. The van der Waals surface area contributed by atoms with Gasteiger partial charge in [0.15, 0.2) is 0 Å². The molecule has 2 unspecified atom stereocenters. The highest BCUT2D eigenvalue weighted by atomic mass is 35.5. The number of hydrogen-bond acceptors (Lipinski definition) is 4. The lowest BCUT2D eigenvalue weighted by atomic mass is 10.2. The second-order valence-corrected chi connectivity index (χ2v) is 5.66. The lowest BCUT2D eigenvalue weighted by Gasteiger charge is -2.14. The fourth-order valence-electron chi connectivity index (χ4n) is 2.04. The molecule has 1 aliphatic rings. The summed E-state index contributed by atoms with van der Waals surface area (Å²) in [6, 6.07) is 2.23. The molecule has 5 heteroatoms. The van der Waals surface area contributed by atoms with E-state index in [0.29, 0.717) is 16.8 Å². The lowest BCUT2D eigenvalue weighted by molar-refractivity contribution is 0.752. The summed E-state index contributed by atoms with van der Waals surface area (Å²) in [5.41, 5.74) is 6.20. The number of pyridine rings is 1. The van der Waals surface area contributed by atoms with Crippen LogP contribution in [0.3, 0.4) is 0 Å². The molecule has 0 amide bonds. The van der Waals surface area contributed by atoms with Crippen LogP contribution in [-0.2, 0) is 0 Å². The maximum absolute atomic E-state index is 6.07. The van der Waals surface area contributed by atoms with Crippen molar-refractivity contribution < 1.29 is 0 Å². The molecule has 1 aromatic heterocycles. The minimum Gasteiger partial charge on any atom is -0.397 e. The van der Waals surface area contributed by atoms with Gasteiger partial charge in [0, 0.05) is 11.3 Å². The van der Waals surface area contributed by atoms with Crippen molar-refractivity contribution in [2.24, 2.45) is 0 Å². The Morgan fingerprint density at radius 2 is 2.38 bits per heavy atom. The van der Waals surface area contributed by atoms with Crippen LogP contribution in [0.4, 0.5) is 11.5 Å². The first-order valence-electron chi connectivity index (χ1n) is 5.39. The van der Waals surface area contributed by atoms with Crippen LogP contribution < -0.4 is 11.1 Å². The molecule has 88 valence electrons. The van der Waals surface area contributed by atoms with Crippen LogP contribution in [-0.4, -0.2) is 22.5 Å². The molecule has 0 aliphatic heterocycles. The molecule has 1 aromatic rings. The lowest BCUT2D eigenvalue weighted by Crippen LogP contribution is -2.17. The van der Waals surface area contributed by atoms with E-state index < -0.39 is 0 Å². The Morgan fingerprint density at radius 3 is 3.00 bits per heavy atom. The van der Waals surface area contributed by atoms with Gasteiger partial charge in [-0.15, -0.1) is 0 Å². The molecule has 0 saturated heterocycles. The van der Waals surface area contributed by atoms with Crippen LogP contribution in [0.1, 0.15) is 19.3 Å². The number of nitrogen functional groups attached to an aromatic ring is 1. The molecule has 3 N–H and O–H groups in total. The van der Waals surface area contributed by atoms with Crippen LogP contribution in [0, 0.1) is 0 Å². The summed E-state index contributed by atoms with van der Waals surface area (Å²) in [5, 5.41) is 4.76. The second kappa shape index (κ2) is 5.15. The molecule has 0 bridgehead atoms. The fourth-order valence-corrected chi connectivity index (χ4v) is 3.06. The van der Waals surface area contributed by atoms with E-state index in [1.165, 1.54) is 19.3 Å². The van der Waals surface area contributed by atoms with Crippen molar-refractivity contribution in [3.8, 4) is 0 Å². The summed E-state index contributed by atoms with van der Waals surface area (Å²) in [7, 11) is 0.